The highest BCUT2D eigenvalue weighted by Crippen LogP contribution is 2.36. The van der Waals surface area contributed by atoms with E-state index in [2.05, 4.69) is 29.6 Å². The molecule has 9 nitrogen and oxygen atoms in total. The standard InChI is InChI=1S/C22H26N2O3S.C2H2O4/c1-3-24-16-21(17-11-13-23(2)14-12-17)20-15-18(9-10-22(20)24)27-28(25,26)19-7-5-4-6-8-19;3-1(4)2(5)6/h4-10,15-17H,3,11-14H2,1-2H3;(H,3,4)(H,5,6). The summed E-state index contributed by atoms with van der Waals surface area (Å²) in [5, 5.41) is 15.9. The Morgan fingerprint density at radius 1 is 1.03 bits per heavy atom. The molecule has 0 aliphatic carbocycles. The zero-order valence-corrected chi connectivity index (χ0v) is 19.9. The van der Waals surface area contributed by atoms with Crippen LogP contribution in [0, 0.1) is 0 Å². The van der Waals surface area contributed by atoms with E-state index in [4.69, 9.17) is 24.0 Å². The molecule has 1 aliphatic rings. The number of aromatic nitrogens is 1. The van der Waals surface area contributed by atoms with Crippen molar-refractivity contribution in [2.75, 3.05) is 20.1 Å². The van der Waals surface area contributed by atoms with E-state index in [1.165, 1.54) is 5.56 Å². The average molecular weight is 489 g/mol. The molecule has 1 aromatic heterocycles. The predicted octanol–water partition coefficient (Wildman–Crippen LogP) is 3.39. The second-order valence-electron chi connectivity index (χ2n) is 8.09. The number of piperidine rings is 1. The molecule has 2 N–H and O–H groups in total. The maximum atomic E-state index is 12.6. The molecule has 0 amide bonds. The summed E-state index contributed by atoms with van der Waals surface area (Å²) in [5.41, 5.74) is 2.42. The third-order valence-electron chi connectivity index (χ3n) is 5.80. The van der Waals surface area contributed by atoms with Gasteiger partial charge in [-0.05, 0) is 81.7 Å². The zero-order chi connectivity index (χ0) is 24.9. The summed E-state index contributed by atoms with van der Waals surface area (Å²) >= 11 is 0. The molecule has 1 saturated heterocycles. The molecule has 0 radical (unpaired) electrons. The van der Waals surface area contributed by atoms with E-state index < -0.39 is 22.1 Å². The van der Waals surface area contributed by atoms with Crippen LogP contribution in [0.2, 0.25) is 0 Å². The van der Waals surface area contributed by atoms with Crippen molar-refractivity contribution in [2.24, 2.45) is 0 Å². The molecule has 34 heavy (non-hydrogen) atoms. The first-order chi connectivity index (χ1) is 16.1. The van der Waals surface area contributed by atoms with Crippen LogP contribution in [0.5, 0.6) is 5.75 Å². The van der Waals surface area contributed by atoms with Gasteiger partial charge in [-0.25, -0.2) is 9.59 Å². The number of fused-ring (bicyclic) bond motifs is 1. The Kier molecular flexibility index (Phi) is 7.95. The van der Waals surface area contributed by atoms with Crippen LogP contribution in [0.1, 0.15) is 31.2 Å². The lowest BCUT2D eigenvalue weighted by Gasteiger charge is -2.28. The Balaban J connectivity index is 0.000000481. The number of carbonyl (C=O) groups is 2. The Morgan fingerprint density at radius 3 is 2.21 bits per heavy atom. The fourth-order valence-corrected chi connectivity index (χ4v) is 4.97. The molecule has 2 heterocycles. The van der Waals surface area contributed by atoms with Gasteiger partial charge in [0, 0.05) is 23.6 Å². The number of aryl methyl sites for hydroxylation is 1. The molecule has 0 atom stereocenters. The van der Waals surface area contributed by atoms with Gasteiger partial charge in [0.1, 0.15) is 10.6 Å². The molecule has 3 aromatic rings. The van der Waals surface area contributed by atoms with Crippen LogP contribution in [-0.4, -0.2) is 60.2 Å². The van der Waals surface area contributed by atoms with Gasteiger partial charge in [-0.15, -0.1) is 0 Å². The summed E-state index contributed by atoms with van der Waals surface area (Å²) in [6, 6.07) is 13.9. The Labute approximate surface area is 198 Å². The minimum Gasteiger partial charge on any atom is -0.473 e. The second-order valence-corrected chi connectivity index (χ2v) is 9.63. The summed E-state index contributed by atoms with van der Waals surface area (Å²) in [5.74, 6) is -2.79. The summed E-state index contributed by atoms with van der Waals surface area (Å²) < 4.78 is 32.9. The first-order valence-corrected chi connectivity index (χ1v) is 12.3. The van der Waals surface area contributed by atoms with Gasteiger partial charge < -0.3 is 23.9 Å². The molecule has 4 rings (SSSR count). The van der Waals surface area contributed by atoms with Crippen LogP contribution in [-0.2, 0) is 26.3 Å². The van der Waals surface area contributed by atoms with Crippen molar-refractivity contribution in [3.05, 3.63) is 60.3 Å². The lowest BCUT2D eigenvalue weighted by atomic mass is 9.89. The smallest absolute Gasteiger partial charge is 0.414 e. The first kappa shape index (κ1) is 25.3. The van der Waals surface area contributed by atoms with Gasteiger partial charge in [0.05, 0.1) is 0 Å². The normalized spacial score (nSPS) is 14.9. The lowest BCUT2D eigenvalue weighted by Crippen LogP contribution is -2.29. The number of benzene rings is 2. The molecular weight excluding hydrogens is 460 g/mol. The van der Waals surface area contributed by atoms with E-state index in [0.717, 1.165) is 43.4 Å². The number of hydrogen-bond acceptors (Lipinski definition) is 6. The highest BCUT2D eigenvalue weighted by atomic mass is 32.2. The molecule has 0 bridgehead atoms. The molecule has 2 aromatic carbocycles. The van der Waals surface area contributed by atoms with Crippen molar-refractivity contribution < 1.29 is 32.4 Å². The van der Waals surface area contributed by atoms with Crippen molar-refractivity contribution in [3.63, 3.8) is 0 Å². The zero-order valence-electron chi connectivity index (χ0n) is 19.0. The number of rotatable bonds is 5. The highest BCUT2D eigenvalue weighted by molar-refractivity contribution is 7.87. The second kappa shape index (κ2) is 10.7. The Bertz CT molecular complexity index is 1250. The number of carboxylic acid groups (broad SMARTS) is 2. The van der Waals surface area contributed by atoms with Gasteiger partial charge in [0.2, 0.25) is 0 Å². The SMILES string of the molecule is CCn1cc(C2CCN(C)CC2)c2cc(OS(=O)(=O)c3ccccc3)ccc21.O=C(O)C(=O)O. The Morgan fingerprint density at radius 2 is 1.65 bits per heavy atom. The van der Waals surface area contributed by atoms with Gasteiger partial charge in [-0.2, -0.15) is 8.42 Å². The molecule has 1 fully saturated rings. The Hall–Kier alpha value is -3.37. The fourth-order valence-electron chi connectivity index (χ4n) is 4.02. The van der Waals surface area contributed by atoms with Crippen molar-refractivity contribution >= 4 is 33.0 Å². The maximum absolute atomic E-state index is 12.6. The molecule has 1 aliphatic heterocycles. The number of aliphatic carboxylic acids is 2. The summed E-state index contributed by atoms with van der Waals surface area (Å²) in [4.78, 5) is 20.7. The molecule has 182 valence electrons. The molecule has 0 saturated carbocycles. The molecule has 0 unspecified atom stereocenters. The monoisotopic (exact) mass is 488 g/mol. The summed E-state index contributed by atoms with van der Waals surface area (Å²) in [7, 11) is -1.68. The molecule has 10 heteroatoms. The van der Waals surface area contributed by atoms with Gasteiger partial charge in [0.15, 0.2) is 0 Å². The van der Waals surface area contributed by atoms with Gasteiger partial charge in [0.25, 0.3) is 0 Å². The van der Waals surface area contributed by atoms with E-state index in [1.807, 2.05) is 12.1 Å². The third kappa shape index (κ3) is 5.95. The lowest BCUT2D eigenvalue weighted by molar-refractivity contribution is -0.159. The van der Waals surface area contributed by atoms with Crippen LogP contribution in [0.15, 0.2) is 59.6 Å². The number of hydrogen-bond donors (Lipinski definition) is 2. The summed E-state index contributed by atoms with van der Waals surface area (Å²) in [6.45, 7) is 5.18. The van der Waals surface area contributed by atoms with Crippen LogP contribution < -0.4 is 4.18 Å². The topological polar surface area (TPSA) is 126 Å². The van der Waals surface area contributed by atoms with E-state index in [9.17, 15) is 8.42 Å². The van der Waals surface area contributed by atoms with Crippen LogP contribution in [0.25, 0.3) is 10.9 Å². The average Bonchev–Trinajstić information content (AvgIpc) is 3.18. The number of nitrogens with zero attached hydrogens (tertiary/aromatic N) is 2. The number of carboxylic acids is 2. The van der Waals surface area contributed by atoms with E-state index >= 15 is 0 Å². The predicted molar refractivity (Wildman–Crippen MR) is 127 cm³/mol. The summed E-state index contributed by atoms with van der Waals surface area (Å²) in [6.07, 6.45) is 4.47. The molecule has 0 spiro atoms. The van der Waals surface area contributed by atoms with Crippen molar-refractivity contribution in [1.29, 1.82) is 0 Å². The van der Waals surface area contributed by atoms with Crippen molar-refractivity contribution in [2.45, 2.75) is 37.1 Å². The van der Waals surface area contributed by atoms with Crippen LogP contribution >= 0.6 is 0 Å². The van der Waals surface area contributed by atoms with Crippen LogP contribution in [0.3, 0.4) is 0 Å². The number of likely N-dealkylation sites (tertiary alicyclic amines) is 1. The van der Waals surface area contributed by atoms with E-state index in [-0.39, 0.29) is 4.90 Å². The van der Waals surface area contributed by atoms with Crippen molar-refractivity contribution in [1.82, 2.24) is 9.47 Å². The maximum Gasteiger partial charge on any atom is 0.414 e. The van der Waals surface area contributed by atoms with Gasteiger partial charge in [-0.3, -0.25) is 0 Å². The largest absolute Gasteiger partial charge is 0.473 e. The quantitative estimate of drug-likeness (QED) is 0.413. The fraction of sp³-hybridized carbons (Fsp3) is 0.333. The minimum atomic E-state index is -3.84. The van der Waals surface area contributed by atoms with Crippen molar-refractivity contribution in [3.8, 4) is 5.75 Å². The van der Waals surface area contributed by atoms with Gasteiger partial charge >= 0.3 is 22.1 Å². The van der Waals surface area contributed by atoms with E-state index in [0.29, 0.717) is 11.7 Å². The van der Waals surface area contributed by atoms with Crippen LogP contribution in [0.4, 0.5) is 0 Å². The highest BCUT2D eigenvalue weighted by Gasteiger charge is 2.23. The van der Waals surface area contributed by atoms with Gasteiger partial charge in [-0.1, -0.05) is 18.2 Å². The van der Waals surface area contributed by atoms with E-state index in [1.54, 1.807) is 36.4 Å². The molecular formula is C24H28N2O7S. The third-order valence-corrected chi connectivity index (χ3v) is 7.06. The first-order valence-electron chi connectivity index (χ1n) is 10.9. The minimum absolute atomic E-state index is 0.164.